The molecule has 0 unspecified atom stereocenters. The van der Waals surface area contributed by atoms with Crippen LogP contribution in [0.4, 0.5) is 0 Å². The Balaban J connectivity index is 1.82. The van der Waals surface area contributed by atoms with Crippen molar-refractivity contribution in [2.45, 2.75) is 31.5 Å². The number of piperidine rings is 1. The number of carbonyl (C=O) groups is 1. The fraction of sp³-hybridized carbons (Fsp3) is 0.812. The van der Waals surface area contributed by atoms with E-state index < -0.39 is 5.79 Å². The molecule has 0 aromatic carbocycles. The van der Waals surface area contributed by atoms with Crippen LogP contribution in [0.25, 0.3) is 0 Å². The zero-order valence-electron chi connectivity index (χ0n) is 12.9. The molecule has 0 radical (unpaired) electrons. The molecule has 1 saturated carbocycles. The molecule has 3 aliphatic heterocycles. The van der Waals surface area contributed by atoms with E-state index in [2.05, 4.69) is 16.8 Å². The maximum Gasteiger partial charge on any atom is 0.227 e. The van der Waals surface area contributed by atoms with Crippen molar-refractivity contribution < 1.29 is 14.6 Å². The van der Waals surface area contributed by atoms with Gasteiger partial charge in [0.25, 0.3) is 0 Å². The number of ketones is 1. The second-order valence-electron chi connectivity index (χ2n) is 7.44. The van der Waals surface area contributed by atoms with Gasteiger partial charge >= 0.3 is 0 Å². The van der Waals surface area contributed by atoms with E-state index in [-0.39, 0.29) is 11.3 Å². The zero-order chi connectivity index (χ0) is 14.8. The van der Waals surface area contributed by atoms with Crippen molar-refractivity contribution in [3.8, 4) is 0 Å². The molecule has 4 aliphatic rings. The molecule has 1 aliphatic carbocycles. The van der Waals surface area contributed by atoms with Crippen LogP contribution >= 0.6 is 0 Å². The summed E-state index contributed by atoms with van der Waals surface area (Å²) in [5.41, 5.74) is 0.930. The van der Waals surface area contributed by atoms with Gasteiger partial charge in [-0.1, -0.05) is 0 Å². The van der Waals surface area contributed by atoms with Crippen molar-refractivity contribution in [2.75, 3.05) is 40.3 Å². The first-order valence-electron chi connectivity index (χ1n) is 7.96. The van der Waals surface area contributed by atoms with E-state index in [1.165, 1.54) is 5.57 Å². The summed E-state index contributed by atoms with van der Waals surface area (Å²) in [5, 5.41) is 11.3. The lowest BCUT2D eigenvalue weighted by molar-refractivity contribution is -0.298. The van der Waals surface area contributed by atoms with Crippen molar-refractivity contribution in [1.29, 1.82) is 0 Å². The van der Waals surface area contributed by atoms with Crippen molar-refractivity contribution >= 4 is 5.78 Å². The Hall–Kier alpha value is -0.910. The summed E-state index contributed by atoms with van der Waals surface area (Å²) in [4.78, 5) is 16.5. The number of likely N-dealkylation sites (N-methyl/N-ethyl adjacent to an activating group) is 2. The van der Waals surface area contributed by atoms with Gasteiger partial charge in [0.1, 0.15) is 11.5 Å². The third-order valence-electron chi connectivity index (χ3n) is 6.06. The Morgan fingerprint density at radius 2 is 2.10 bits per heavy atom. The molecule has 1 spiro atoms. The molecule has 2 fully saturated rings. The summed E-state index contributed by atoms with van der Waals surface area (Å²) in [7, 11) is 4.09. The number of β-amino-alcohol motifs (C(OH)–C–C–N with tert-alkyl or cyclic N) is 1. The number of rotatable bonds is 0. The van der Waals surface area contributed by atoms with Gasteiger partial charge in [0.05, 0.1) is 18.5 Å². The molecule has 5 nitrogen and oxygen atoms in total. The Bertz CT molecular complexity index is 532. The van der Waals surface area contributed by atoms with Crippen LogP contribution in [0.1, 0.15) is 25.7 Å². The second kappa shape index (κ2) is 4.31. The van der Waals surface area contributed by atoms with E-state index >= 15 is 0 Å². The SMILES string of the molecule is CN1CCC2=C(C1)O[C@@]1(O)CN(C)CC[C@]13CC(=O)C[C@H]23. The summed E-state index contributed by atoms with van der Waals surface area (Å²) in [6.07, 6.45) is 2.90. The van der Waals surface area contributed by atoms with Crippen molar-refractivity contribution in [2.24, 2.45) is 11.3 Å². The van der Waals surface area contributed by atoms with Gasteiger partial charge < -0.3 is 14.7 Å². The summed E-state index contributed by atoms with van der Waals surface area (Å²) in [6.45, 7) is 3.19. The molecule has 1 N–H and O–H groups in total. The average molecular weight is 292 g/mol. The summed E-state index contributed by atoms with van der Waals surface area (Å²) in [5.74, 6) is 0.214. The third-order valence-corrected chi connectivity index (χ3v) is 6.06. The molecular weight excluding hydrogens is 268 g/mol. The first-order valence-corrected chi connectivity index (χ1v) is 7.96. The normalized spacial score (nSPS) is 44.1. The van der Waals surface area contributed by atoms with E-state index in [1.54, 1.807) is 0 Å². The molecule has 3 heterocycles. The van der Waals surface area contributed by atoms with E-state index in [4.69, 9.17) is 4.74 Å². The summed E-state index contributed by atoms with van der Waals surface area (Å²) < 4.78 is 6.18. The largest absolute Gasteiger partial charge is 0.464 e. The van der Waals surface area contributed by atoms with Crippen LogP contribution < -0.4 is 0 Å². The molecule has 0 amide bonds. The molecule has 0 aromatic heterocycles. The van der Waals surface area contributed by atoms with Crippen LogP contribution in [-0.4, -0.2) is 66.8 Å². The first kappa shape index (κ1) is 13.7. The maximum atomic E-state index is 12.2. The minimum absolute atomic E-state index is 0.196. The van der Waals surface area contributed by atoms with Crippen LogP contribution in [0.15, 0.2) is 11.3 Å². The predicted octanol–water partition coefficient (Wildman–Crippen LogP) is 0.596. The van der Waals surface area contributed by atoms with Crippen LogP contribution in [-0.2, 0) is 9.53 Å². The number of aliphatic hydroxyl groups is 1. The lowest BCUT2D eigenvalue weighted by atomic mass is 9.62. The average Bonchev–Trinajstić information content (AvgIpc) is 2.73. The molecule has 21 heavy (non-hydrogen) atoms. The van der Waals surface area contributed by atoms with E-state index in [0.717, 1.165) is 38.2 Å². The number of fused-ring (bicyclic) bond motifs is 1. The third kappa shape index (κ3) is 1.77. The van der Waals surface area contributed by atoms with Gasteiger partial charge in [-0.05, 0) is 39.1 Å². The molecule has 3 atom stereocenters. The van der Waals surface area contributed by atoms with Crippen molar-refractivity contribution in [3.05, 3.63) is 11.3 Å². The smallest absolute Gasteiger partial charge is 0.227 e. The molecular formula is C16H24N2O3. The number of carbonyl (C=O) groups excluding carboxylic acids is 1. The quantitative estimate of drug-likeness (QED) is 0.708. The summed E-state index contributed by atoms with van der Waals surface area (Å²) in [6, 6.07) is 0. The molecule has 1 saturated heterocycles. The molecule has 4 rings (SSSR count). The Labute approximate surface area is 125 Å². The Kier molecular flexibility index (Phi) is 2.82. The number of Topliss-reactive ketones (excluding diaryl/α,β-unsaturated/α-hetero) is 1. The van der Waals surface area contributed by atoms with E-state index in [1.807, 2.05) is 7.05 Å². The minimum Gasteiger partial charge on any atom is -0.464 e. The Morgan fingerprint density at radius 1 is 1.29 bits per heavy atom. The van der Waals surface area contributed by atoms with Crippen LogP contribution in [0.2, 0.25) is 0 Å². The highest BCUT2D eigenvalue weighted by molar-refractivity contribution is 5.83. The fourth-order valence-corrected chi connectivity index (χ4v) is 4.97. The number of hydrogen-bond acceptors (Lipinski definition) is 5. The lowest BCUT2D eigenvalue weighted by Gasteiger charge is -2.57. The maximum absolute atomic E-state index is 12.2. The lowest BCUT2D eigenvalue weighted by Crippen LogP contribution is -2.65. The van der Waals surface area contributed by atoms with Crippen LogP contribution in [0.5, 0.6) is 0 Å². The molecule has 116 valence electrons. The molecule has 0 aromatic rings. The number of hydrogen-bond donors (Lipinski definition) is 1. The van der Waals surface area contributed by atoms with Gasteiger partial charge in [0, 0.05) is 25.3 Å². The standard InChI is InChI=1S/C16H24N2O3/c1-17-5-3-12-13-7-11(19)8-15(13)4-6-18(2)10-16(15,20)21-14(12)9-17/h13,20H,3-10H2,1-2H3/t13-,15-,16+/m1/s1. The monoisotopic (exact) mass is 292 g/mol. The van der Waals surface area contributed by atoms with Crippen LogP contribution in [0, 0.1) is 11.3 Å². The van der Waals surface area contributed by atoms with Crippen molar-refractivity contribution in [1.82, 2.24) is 9.80 Å². The van der Waals surface area contributed by atoms with Gasteiger partial charge in [-0.15, -0.1) is 0 Å². The van der Waals surface area contributed by atoms with Gasteiger partial charge in [0.2, 0.25) is 5.79 Å². The highest BCUT2D eigenvalue weighted by atomic mass is 16.6. The highest BCUT2D eigenvalue weighted by Crippen LogP contribution is 2.61. The number of ether oxygens (including phenoxy) is 1. The Morgan fingerprint density at radius 3 is 2.90 bits per heavy atom. The molecule has 5 heteroatoms. The van der Waals surface area contributed by atoms with Gasteiger partial charge in [-0.25, -0.2) is 0 Å². The van der Waals surface area contributed by atoms with Gasteiger partial charge in [-0.3, -0.25) is 9.69 Å². The second-order valence-corrected chi connectivity index (χ2v) is 7.44. The zero-order valence-corrected chi connectivity index (χ0v) is 12.9. The van der Waals surface area contributed by atoms with E-state index in [0.29, 0.717) is 25.2 Å². The van der Waals surface area contributed by atoms with Gasteiger partial charge in [0.15, 0.2) is 0 Å². The highest BCUT2D eigenvalue weighted by Gasteiger charge is 2.66. The minimum atomic E-state index is -1.20. The summed E-state index contributed by atoms with van der Waals surface area (Å²) >= 11 is 0. The fourth-order valence-electron chi connectivity index (χ4n) is 4.97. The molecule has 0 bridgehead atoms. The first-order chi connectivity index (χ1) is 9.93. The topological polar surface area (TPSA) is 53.0 Å². The number of nitrogens with zero attached hydrogens (tertiary/aromatic N) is 2. The van der Waals surface area contributed by atoms with E-state index in [9.17, 15) is 9.90 Å². The van der Waals surface area contributed by atoms with Gasteiger partial charge in [-0.2, -0.15) is 0 Å². The number of likely N-dealkylation sites (tertiary alicyclic amines) is 1. The van der Waals surface area contributed by atoms with Crippen molar-refractivity contribution in [3.63, 3.8) is 0 Å². The van der Waals surface area contributed by atoms with Crippen LogP contribution in [0.3, 0.4) is 0 Å². The predicted molar refractivity (Wildman–Crippen MR) is 77.5 cm³/mol.